The van der Waals surface area contributed by atoms with Gasteiger partial charge in [0.15, 0.2) is 0 Å². The van der Waals surface area contributed by atoms with Crippen molar-refractivity contribution >= 4 is 30.3 Å². The van der Waals surface area contributed by atoms with Crippen LogP contribution in [0, 0.1) is 0 Å². The zero-order valence-corrected chi connectivity index (χ0v) is 16.5. The fraction of sp³-hybridized carbons (Fsp3) is 0.500. The van der Waals surface area contributed by atoms with Gasteiger partial charge < -0.3 is 20.3 Å². The summed E-state index contributed by atoms with van der Waals surface area (Å²) in [4.78, 5) is 40.0. The molecule has 0 aromatic heterocycles. The van der Waals surface area contributed by atoms with Gasteiger partial charge in [0.1, 0.15) is 17.8 Å². The Morgan fingerprint density at radius 3 is 2.63 bits per heavy atom. The van der Waals surface area contributed by atoms with Crippen molar-refractivity contribution in [1.82, 2.24) is 20.4 Å². The van der Waals surface area contributed by atoms with Crippen LogP contribution in [0.3, 0.4) is 0 Å². The van der Waals surface area contributed by atoms with E-state index >= 15 is 0 Å². The third kappa shape index (κ3) is 4.01. The molecule has 4 amide bonds. The molecule has 1 unspecified atom stereocenters. The van der Waals surface area contributed by atoms with Gasteiger partial charge in [-0.05, 0) is 19.9 Å². The molecule has 1 aromatic rings. The monoisotopic (exact) mass is 396 g/mol. The number of urea groups is 1. The summed E-state index contributed by atoms with van der Waals surface area (Å²) < 4.78 is 5.43. The van der Waals surface area contributed by atoms with Crippen LogP contribution in [-0.4, -0.2) is 66.5 Å². The molecular formula is C18H25ClN4O4. The molecule has 0 radical (unpaired) electrons. The van der Waals surface area contributed by atoms with Crippen LogP contribution in [0.1, 0.15) is 25.5 Å². The fourth-order valence-corrected chi connectivity index (χ4v) is 3.41. The Kier molecular flexibility index (Phi) is 6.33. The summed E-state index contributed by atoms with van der Waals surface area (Å²) in [6.07, 6.45) is 0. The topological polar surface area (TPSA) is 91.0 Å². The number of rotatable bonds is 4. The summed E-state index contributed by atoms with van der Waals surface area (Å²) in [5, 5.41) is 5.88. The van der Waals surface area contributed by atoms with Crippen molar-refractivity contribution < 1.29 is 19.1 Å². The van der Waals surface area contributed by atoms with Gasteiger partial charge in [-0.25, -0.2) is 4.79 Å². The van der Waals surface area contributed by atoms with E-state index < -0.39 is 11.6 Å². The molecule has 1 atom stereocenters. The molecule has 3 rings (SSSR count). The van der Waals surface area contributed by atoms with Gasteiger partial charge in [0.2, 0.25) is 5.91 Å². The van der Waals surface area contributed by atoms with E-state index in [9.17, 15) is 14.4 Å². The number of carbonyl (C=O) groups is 3. The van der Waals surface area contributed by atoms with E-state index in [0.29, 0.717) is 25.4 Å². The lowest BCUT2D eigenvalue weighted by Crippen LogP contribution is -2.52. The Bertz CT molecular complexity index is 740. The largest absolute Gasteiger partial charge is 0.496 e. The number of piperazine rings is 1. The van der Waals surface area contributed by atoms with Crippen molar-refractivity contribution in [2.24, 2.45) is 0 Å². The van der Waals surface area contributed by atoms with Crippen LogP contribution in [-0.2, 0) is 9.59 Å². The van der Waals surface area contributed by atoms with Gasteiger partial charge in [0.05, 0.1) is 13.2 Å². The first-order valence-electron chi connectivity index (χ1n) is 8.62. The van der Waals surface area contributed by atoms with Gasteiger partial charge in [-0.1, -0.05) is 18.2 Å². The lowest BCUT2D eigenvalue weighted by Gasteiger charge is -2.37. The first-order valence-corrected chi connectivity index (χ1v) is 8.62. The molecule has 9 heteroatoms. The molecule has 27 heavy (non-hydrogen) atoms. The first-order chi connectivity index (χ1) is 12.3. The maximum Gasteiger partial charge on any atom is 0.325 e. The van der Waals surface area contributed by atoms with Gasteiger partial charge in [0, 0.05) is 25.2 Å². The predicted molar refractivity (Wildman–Crippen MR) is 102 cm³/mol. The molecule has 2 fully saturated rings. The Morgan fingerprint density at radius 1 is 1.30 bits per heavy atom. The Morgan fingerprint density at radius 2 is 2.00 bits per heavy atom. The highest BCUT2D eigenvalue weighted by Gasteiger charge is 2.45. The number of carbonyl (C=O) groups excluding carboxylic acids is 3. The minimum atomic E-state index is -0.983. The summed E-state index contributed by atoms with van der Waals surface area (Å²) in [6.45, 7) is 4.72. The van der Waals surface area contributed by atoms with Gasteiger partial charge >= 0.3 is 6.03 Å². The minimum Gasteiger partial charge on any atom is -0.496 e. The van der Waals surface area contributed by atoms with Gasteiger partial charge in [-0.3, -0.25) is 14.5 Å². The number of amides is 4. The van der Waals surface area contributed by atoms with Crippen molar-refractivity contribution in [2.75, 3.05) is 33.3 Å². The molecule has 8 nitrogen and oxygen atoms in total. The zero-order chi connectivity index (χ0) is 18.9. The van der Waals surface area contributed by atoms with Crippen molar-refractivity contribution in [1.29, 1.82) is 0 Å². The number of imide groups is 1. The second kappa shape index (κ2) is 8.14. The van der Waals surface area contributed by atoms with Gasteiger partial charge in [-0.15, -0.1) is 12.4 Å². The Labute approximate surface area is 164 Å². The SMILES string of the molecule is COc1ccccc1C1CNCCN1C(=O)CN1C(=O)NC(C)(C)C1=O.Cl. The lowest BCUT2D eigenvalue weighted by atomic mass is 10.0. The highest BCUT2D eigenvalue weighted by Crippen LogP contribution is 2.30. The van der Waals surface area contributed by atoms with Gasteiger partial charge in [0.25, 0.3) is 5.91 Å². The number of para-hydroxylation sites is 1. The van der Waals surface area contributed by atoms with Crippen LogP contribution < -0.4 is 15.4 Å². The van der Waals surface area contributed by atoms with E-state index in [1.54, 1.807) is 25.9 Å². The maximum absolute atomic E-state index is 12.9. The lowest BCUT2D eigenvalue weighted by molar-refractivity contribution is -0.140. The first kappa shape index (κ1) is 21.0. The Hall–Kier alpha value is -2.32. The van der Waals surface area contributed by atoms with E-state index in [0.717, 1.165) is 10.5 Å². The standard InChI is InChI=1S/C18H24N4O4.ClH/c1-18(2)16(24)22(17(25)20-18)11-15(23)21-9-8-19-10-13(21)12-6-4-5-7-14(12)26-3;/h4-7,13,19H,8-11H2,1-3H3,(H,20,25);1H. The van der Waals surface area contributed by atoms with E-state index in [2.05, 4.69) is 10.6 Å². The van der Waals surface area contributed by atoms with Gasteiger partial charge in [-0.2, -0.15) is 0 Å². The van der Waals surface area contributed by atoms with E-state index in [1.165, 1.54) is 0 Å². The highest BCUT2D eigenvalue weighted by molar-refractivity contribution is 6.08. The minimum absolute atomic E-state index is 0. The molecule has 2 heterocycles. The predicted octanol–water partition coefficient (Wildman–Crippen LogP) is 0.920. The number of nitrogens with one attached hydrogen (secondary N) is 2. The number of methoxy groups -OCH3 is 1. The quantitative estimate of drug-likeness (QED) is 0.738. The molecule has 2 aliphatic heterocycles. The van der Waals surface area contributed by atoms with Crippen LogP contribution in [0.5, 0.6) is 5.75 Å². The van der Waals surface area contributed by atoms with Crippen LogP contribution in [0.25, 0.3) is 0 Å². The smallest absolute Gasteiger partial charge is 0.325 e. The summed E-state index contributed by atoms with van der Waals surface area (Å²) in [5.74, 6) is 0.0542. The van der Waals surface area contributed by atoms with E-state index in [-0.39, 0.29) is 36.8 Å². The van der Waals surface area contributed by atoms with E-state index in [1.807, 2.05) is 24.3 Å². The molecule has 2 saturated heterocycles. The summed E-state index contributed by atoms with van der Waals surface area (Å²) >= 11 is 0. The fourth-order valence-electron chi connectivity index (χ4n) is 3.41. The van der Waals surface area contributed by atoms with Crippen molar-refractivity contribution in [3.63, 3.8) is 0 Å². The second-order valence-electron chi connectivity index (χ2n) is 7.00. The molecular weight excluding hydrogens is 372 g/mol. The number of benzene rings is 1. The number of hydrogen-bond donors (Lipinski definition) is 2. The number of ether oxygens (including phenoxy) is 1. The van der Waals surface area contributed by atoms with E-state index in [4.69, 9.17) is 4.74 Å². The molecule has 1 aromatic carbocycles. The average Bonchev–Trinajstić information content (AvgIpc) is 2.83. The van der Waals surface area contributed by atoms with Crippen LogP contribution >= 0.6 is 12.4 Å². The highest BCUT2D eigenvalue weighted by atomic mass is 35.5. The third-order valence-corrected chi connectivity index (χ3v) is 4.80. The normalized spacial score (nSPS) is 21.5. The average molecular weight is 397 g/mol. The molecule has 0 aliphatic carbocycles. The number of nitrogens with zero attached hydrogens (tertiary/aromatic N) is 2. The molecule has 0 bridgehead atoms. The molecule has 0 spiro atoms. The third-order valence-electron chi connectivity index (χ3n) is 4.80. The molecule has 148 valence electrons. The summed E-state index contributed by atoms with van der Waals surface area (Å²) in [5.41, 5.74) is -0.0869. The zero-order valence-electron chi connectivity index (χ0n) is 15.7. The van der Waals surface area contributed by atoms with Crippen LogP contribution in [0.2, 0.25) is 0 Å². The van der Waals surface area contributed by atoms with Crippen molar-refractivity contribution in [3.8, 4) is 5.75 Å². The molecule has 2 N–H and O–H groups in total. The molecule has 2 aliphatic rings. The maximum atomic E-state index is 12.9. The van der Waals surface area contributed by atoms with Crippen LogP contribution in [0.4, 0.5) is 4.79 Å². The molecule has 0 saturated carbocycles. The number of halogens is 1. The Balaban J connectivity index is 0.00000261. The number of hydrogen-bond acceptors (Lipinski definition) is 5. The van der Waals surface area contributed by atoms with Crippen molar-refractivity contribution in [2.45, 2.75) is 25.4 Å². The second-order valence-corrected chi connectivity index (χ2v) is 7.00. The van der Waals surface area contributed by atoms with Crippen molar-refractivity contribution in [3.05, 3.63) is 29.8 Å². The summed E-state index contributed by atoms with van der Waals surface area (Å²) in [7, 11) is 1.59. The van der Waals surface area contributed by atoms with Crippen LogP contribution in [0.15, 0.2) is 24.3 Å². The summed E-state index contributed by atoms with van der Waals surface area (Å²) in [6, 6.07) is 6.80.